The summed E-state index contributed by atoms with van der Waals surface area (Å²) < 4.78 is 0. The number of amides is 2. The molecule has 24 heavy (non-hydrogen) atoms. The minimum absolute atomic E-state index is 0.0946. The predicted molar refractivity (Wildman–Crippen MR) is 96.0 cm³/mol. The molecule has 1 aliphatic heterocycles. The van der Waals surface area contributed by atoms with Gasteiger partial charge in [0.25, 0.3) is 11.8 Å². The Kier molecular flexibility index (Phi) is 4.40. The smallest absolute Gasteiger partial charge is 0.283 e. The van der Waals surface area contributed by atoms with Crippen molar-refractivity contribution in [3.8, 4) is 0 Å². The van der Waals surface area contributed by atoms with Crippen molar-refractivity contribution >= 4 is 34.8 Å². The Balaban J connectivity index is 1.90. The highest BCUT2D eigenvalue weighted by atomic mass is 35.5. The van der Waals surface area contributed by atoms with Crippen molar-refractivity contribution in [2.75, 3.05) is 10.2 Å². The first-order valence-corrected chi connectivity index (χ1v) is 8.11. The van der Waals surface area contributed by atoms with Gasteiger partial charge in [0.05, 0.1) is 5.69 Å². The second-order valence-corrected chi connectivity index (χ2v) is 5.97. The summed E-state index contributed by atoms with van der Waals surface area (Å²) in [5, 5.41) is 2.88. The molecular formula is C19H17ClN2O2. The van der Waals surface area contributed by atoms with Gasteiger partial charge in [-0.2, -0.15) is 0 Å². The quantitative estimate of drug-likeness (QED) is 0.856. The van der Waals surface area contributed by atoms with Crippen molar-refractivity contribution < 1.29 is 9.59 Å². The lowest BCUT2D eigenvalue weighted by Gasteiger charge is -2.17. The van der Waals surface area contributed by atoms with Gasteiger partial charge in [-0.1, -0.05) is 48.9 Å². The van der Waals surface area contributed by atoms with Gasteiger partial charge < -0.3 is 5.32 Å². The van der Waals surface area contributed by atoms with Crippen molar-refractivity contribution in [2.45, 2.75) is 20.3 Å². The molecule has 2 aromatic carbocycles. The molecule has 2 aromatic rings. The average Bonchev–Trinajstić information content (AvgIpc) is 2.80. The first-order valence-electron chi connectivity index (χ1n) is 7.73. The molecule has 0 spiro atoms. The molecule has 0 saturated heterocycles. The molecule has 1 N–H and O–H groups in total. The van der Waals surface area contributed by atoms with E-state index in [1.54, 1.807) is 12.1 Å². The third-order valence-electron chi connectivity index (χ3n) is 4.02. The Morgan fingerprint density at radius 1 is 1.00 bits per heavy atom. The topological polar surface area (TPSA) is 49.4 Å². The summed E-state index contributed by atoms with van der Waals surface area (Å²) in [7, 11) is 0. The van der Waals surface area contributed by atoms with Gasteiger partial charge in [-0.05, 0) is 42.7 Å². The van der Waals surface area contributed by atoms with Crippen LogP contribution in [0.1, 0.15) is 18.1 Å². The SMILES string of the molecule is CCc1ccc(NC2=C(Cl)C(=O)N(c3ccccc3C)C2=O)cc1. The van der Waals surface area contributed by atoms with E-state index in [4.69, 9.17) is 11.6 Å². The first-order chi connectivity index (χ1) is 11.5. The zero-order valence-corrected chi connectivity index (χ0v) is 14.2. The molecule has 0 radical (unpaired) electrons. The minimum Gasteiger partial charge on any atom is -0.350 e. The zero-order valence-electron chi connectivity index (χ0n) is 13.5. The number of anilines is 2. The van der Waals surface area contributed by atoms with Crippen LogP contribution in [0.15, 0.2) is 59.3 Å². The van der Waals surface area contributed by atoms with Crippen LogP contribution in [0.4, 0.5) is 11.4 Å². The summed E-state index contributed by atoms with van der Waals surface area (Å²) in [6.07, 6.45) is 0.933. The number of carbonyl (C=O) groups is 2. The Morgan fingerprint density at radius 2 is 1.67 bits per heavy atom. The molecule has 4 nitrogen and oxygen atoms in total. The van der Waals surface area contributed by atoms with Crippen molar-refractivity contribution in [1.29, 1.82) is 0 Å². The fourth-order valence-electron chi connectivity index (χ4n) is 2.61. The molecule has 1 heterocycles. The molecule has 1 aliphatic rings. The second-order valence-electron chi connectivity index (χ2n) is 5.60. The number of benzene rings is 2. The highest BCUT2D eigenvalue weighted by Crippen LogP contribution is 2.31. The first kappa shape index (κ1) is 16.3. The molecule has 122 valence electrons. The summed E-state index contributed by atoms with van der Waals surface area (Å²) in [5.74, 6) is -0.956. The number of carbonyl (C=O) groups excluding carboxylic acids is 2. The number of hydrogen-bond donors (Lipinski definition) is 1. The van der Waals surface area contributed by atoms with Crippen LogP contribution in [0.5, 0.6) is 0 Å². The van der Waals surface area contributed by atoms with Crippen LogP contribution in [0.2, 0.25) is 0 Å². The van der Waals surface area contributed by atoms with Crippen molar-refractivity contribution in [3.05, 3.63) is 70.4 Å². The maximum atomic E-state index is 12.7. The average molecular weight is 341 g/mol. The number of para-hydroxylation sites is 1. The maximum Gasteiger partial charge on any atom is 0.283 e. The fourth-order valence-corrected chi connectivity index (χ4v) is 2.83. The normalized spacial score (nSPS) is 14.5. The van der Waals surface area contributed by atoms with Crippen molar-refractivity contribution in [1.82, 2.24) is 0 Å². The molecular weight excluding hydrogens is 324 g/mol. The maximum absolute atomic E-state index is 12.7. The van der Waals surface area contributed by atoms with Crippen LogP contribution >= 0.6 is 11.6 Å². The van der Waals surface area contributed by atoms with Gasteiger partial charge in [0.15, 0.2) is 0 Å². The molecule has 5 heteroatoms. The number of halogens is 1. The number of nitrogens with zero attached hydrogens (tertiary/aromatic N) is 1. The lowest BCUT2D eigenvalue weighted by molar-refractivity contribution is -0.120. The number of rotatable bonds is 4. The lowest BCUT2D eigenvalue weighted by atomic mass is 10.1. The lowest BCUT2D eigenvalue weighted by Crippen LogP contribution is -2.32. The Morgan fingerprint density at radius 3 is 2.29 bits per heavy atom. The molecule has 0 saturated carbocycles. The van der Waals surface area contributed by atoms with Gasteiger partial charge in [0.2, 0.25) is 0 Å². The van der Waals surface area contributed by atoms with Gasteiger partial charge in [0, 0.05) is 5.69 Å². The Bertz CT molecular complexity index is 841. The van der Waals surface area contributed by atoms with Crippen LogP contribution in [0, 0.1) is 6.92 Å². The van der Waals surface area contributed by atoms with Gasteiger partial charge in [0.1, 0.15) is 10.7 Å². The van der Waals surface area contributed by atoms with Gasteiger partial charge in [-0.25, -0.2) is 4.90 Å². The number of aryl methyl sites for hydroxylation is 2. The molecule has 0 unspecified atom stereocenters. The standard InChI is InChI=1S/C19H17ClN2O2/c1-3-13-8-10-14(11-9-13)21-17-16(20)18(23)22(19(17)24)15-7-5-4-6-12(15)2/h4-11,21H,3H2,1-2H3. The van der Waals surface area contributed by atoms with E-state index in [-0.39, 0.29) is 10.7 Å². The highest BCUT2D eigenvalue weighted by Gasteiger charge is 2.39. The van der Waals surface area contributed by atoms with Crippen LogP contribution in [-0.2, 0) is 16.0 Å². The van der Waals surface area contributed by atoms with Crippen LogP contribution in [0.3, 0.4) is 0 Å². The third kappa shape index (κ3) is 2.81. The third-order valence-corrected chi connectivity index (χ3v) is 4.37. The summed E-state index contributed by atoms with van der Waals surface area (Å²) in [5.41, 5.74) is 3.39. The van der Waals surface area contributed by atoms with Gasteiger partial charge >= 0.3 is 0 Å². The van der Waals surface area contributed by atoms with E-state index in [2.05, 4.69) is 12.2 Å². The van der Waals surface area contributed by atoms with E-state index in [1.807, 2.05) is 43.3 Å². The molecule has 0 aliphatic carbocycles. The second kappa shape index (κ2) is 6.49. The predicted octanol–water partition coefficient (Wildman–Crippen LogP) is 3.99. The molecule has 0 bridgehead atoms. The summed E-state index contributed by atoms with van der Waals surface area (Å²) in [4.78, 5) is 26.3. The molecule has 0 atom stereocenters. The number of imide groups is 1. The van der Waals surface area contributed by atoms with Crippen LogP contribution in [-0.4, -0.2) is 11.8 Å². The fraction of sp³-hybridized carbons (Fsp3) is 0.158. The Labute approximate surface area is 145 Å². The molecule has 0 fully saturated rings. The van der Waals surface area contributed by atoms with Crippen molar-refractivity contribution in [2.24, 2.45) is 0 Å². The van der Waals surface area contributed by atoms with Crippen LogP contribution < -0.4 is 10.2 Å². The molecule has 0 aromatic heterocycles. The van der Waals surface area contributed by atoms with E-state index >= 15 is 0 Å². The summed E-state index contributed by atoms with van der Waals surface area (Å²) >= 11 is 6.13. The van der Waals surface area contributed by atoms with E-state index in [0.717, 1.165) is 16.9 Å². The summed E-state index contributed by atoms with van der Waals surface area (Å²) in [6.45, 7) is 3.92. The molecule has 3 rings (SSSR count). The highest BCUT2D eigenvalue weighted by molar-refractivity contribution is 6.53. The van der Waals surface area contributed by atoms with Gasteiger partial charge in [-0.15, -0.1) is 0 Å². The van der Waals surface area contributed by atoms with E-state index in [0.29, 0.717) is 11.4 Å². The minimum atomic E-state index is -0.511. The van der Waals surface area contributed by atoms with E-state index < -0.39 is 11.8 Å². The van der Waals surface area contributed by atoms with E-state index in [9.17, 15) is 9.59 Å². The summed E-state index contributed by atoms with van der Waals surface area (Å²) in [6, 6.07) is 14.9. The van der Waals surface area contributed by atoms with Crippen molar-refractivity contribution in [3.63, 3.8) is 0 Å². The number of hydrogen-bond acceptors (Lipinski definition) is 3. The molecule has 2 amide bonds. The van der Waals surface area contributed by atoms with Gasteiger partial charge in [-0.3, -0.25) is 9.59 Å². The Hall–Kier alpha value is -2.59. The van der Waals surface area contributed by atoms with E-state index in [1.165, 1.54) is 5.56 Å². The van der Waals surface area contributed by atoms with Crippen LogP contribution in [0.25, 0.3) is 0 Å². The zero-order chi connectivity index (χ0) is 17.3. The largest absolute Gasteiger partial charge is 0.350 e. The monoisotopic (exact) mass is 340 g/mol. The number of nitrogens with one attached hydrogen (secondary N) is 1.